The Labute approximate surface area is 228 Å². The Kier molecular flexibility index (Phi) is 11.6. The van der Waals surface area contributed by atoms with Gasteiger partial charge in [0.05, 0.1) is 0 Å². The molecule has 7 nitrogen and oxygen atoms in total. The summed E-state index contributed by atoms with van der Waals surface area (Å²) in [6.45, 7) is 21.0. The average Bonchev–Trinajstić information content (AvgIpc) is 2.72. The first-order valence-corrected chi connectivity index (χ1v) is 14.4. The lowest BCUT2D eigenvalue weighted by Gasteiger charge is -2.46. The zero-order valence-electron chi connectivity index (χ0n) is 25.0. The Morgan fingerprint density at radius 2 is 1.54 bits per heavy atom. The molecule has 1 aromatic carbocycles. The van der Waals surface area contributed by atoms with E-state index in [1.54, 1.807) is 37.4 Å². The van der Waals surface area contributed by atoms with Gasteiger partial charge in [-0.1, -0.05) is 25.1 Å². The molecule has 0 fully saturated rings. The maximum Gasteiger partial charge on any atom is 0.408 e. The molecule has 0 radical (unpaired) electrons. The highest BCUT2D eigenvalue weighted by atomic mass is 32.2. The number of ether oxygens (including phenoxy) is 1. The van der Waals surface area contributed by atoms with Gasteiger partial charge in [0.15, 0.2) is 0 Å². The average molecular weight is 536 g/mol. The van der Waals surface area contributed by atoms with E-state index in [9.17, 15) is 14.4 Å². The highest BCUT2D eigenvalue weighted by molar-refractivity contribution is 7.98. The van der Waals surface area contributed by atoms with E-state index in [0.717, 1.165) is 16.7 Å². The quantitative estimate of drug-likeness (QED) is 0.388. The Hall–Kier alpha value is -2.22. The Balaban J connectivity index is 3.76. The van der Waals surface area contributed by atoms with Crippen molar-refractivity contribution < 1.29 is 19.1 Å². The van der Waals surface area contributed by atoms with Gasteiger partial charge in [0.1, 0.15) is 17.7 Å². The minimum absolute atomic E-state index is 0.249. The van der Waals surface area contributed by atoms with Crippen LogP contribution in [-0.4, -0.2) is 57.5 Å². The van der Waals surface area contributed by atoms with E-state index in [2.05, 4.69) is 10.6 Å². The summed E-state index contributed by atoms with van der Waals surface area (Å²) in [4.78, 5) is 42.9. The van der Waals surface area contributed by atoms with Crippen molar-refractivity contribution in [2.45, 2.75) is 118 Å². The van der Waals surface area contributed by atoms with Crippen molar-refractivity contribution in [3.8, 4) is 0 Å². The number of carbonyl (C=O) groups excluding carboxylic acids is 3. The largest absolute Gasteiger partial charge is 0.444 e. The second-order valence-electron chi connectivity index (χ2n) is 12.3. The zero-order chi connectivity index (χ0) is 28.8. The first-order valence-electron chi connectivity index (χ1n) is 13.0. The van der Waals surface area contributed by atoms with Crippen LogP contribution in [0, 0.1) is 13.8 Å². The van der Waals surface area contributed by atoms with E-state index in [0.29, 0.717) is 18.6 Å². The summed E-state index contributed by atoms with van der Waals surface area (Å²) < 4.78 is 5.48. The third-order valence-corrected chi connectivity index (χ3v) is 6.82. The topological polar surface area (TPSA) is 87.7 Å². The number of rotatable bonds is 10. The van der Waals surface area contributed by atoms with Crippen molar-refractivity contribution in [3.63, 3.8) is 0 Å². The number of amides is 3. The van der Waals surface area contributed by atoms with Crippen LogP contribution in [0.15, 0.2) is 18.2 Å². The molecule has 1 aromatic rings. The van der Waals surface area contributed by atoms with Gasteiger partial charge in [-0.2, -0.15) is 11.8 Å². The first kappa shape index (κ1) is 32.8. The number of nitrogens with zero attached hydrogens (tertiary/aromatic N) is 1. The fraction of sp³-hybridized carbons (Fsp3) is 0.690. The summed E-state index contributed by atoms with van der Waals surface area (Å²) in [7, 11) is 0. The minimum atomic E-state index is -0.875. The molecule has 37 heavy (non-hydrogen) atoms. The van der Waals surface area contributed by atoms with Crippen LogP contribution < -0.4 is 10.6 Å². The summed E-state index contributed by atoms with van der Waals surface area (Å²) in [5.74, 6) is 0.110. The number of thioether (sulfide) groups is 1. The Morgan fingerprint density at radius 1 is 1.00 bits per heavy atom. The second kappa shape index (κ2) is 13.0. The fourth-order valence-corrected chi connectivity index (χ4v) is 4.60. The van der Waals surface area contributed by atoms with Crippen LogP contribution in [0.4, 0.5) is 4.79 Å². The van der Waals surface area contributed by atoms with Crippen molar-refractivity contribution in [1.29, 1.82) is 0 Å². The van der Waals surface area contributed by atoms with E-state index in [4.69, 9.17) is 4.74 Å². The minimum Gasteiger partial charge on any atom is -0.444 e. The standard InChI is InChI=1S/C29H49N3O4S/c1-13-29(10,11)32(25(34)21(17-18-37-12)30-26(35)36-28(7,8)9)23(24(33)31-27(4,5)6)22-19(2)15-14-16-20(22)3/h14-16,21,23H,13,17-18H2,1-12H3,(H,30,35)(H,31,33). The molecule has 2 unspecified atom stereocenters. The Morgan fingerprint density at radius 3 is 1.97 bits per heavy atom. The van der Waals surface area contributed by atoms with Gasteiger partial charge in [0, 0.05) is 11.1 Å². The summed E-state index contributed by atoms with van der Waals surface area (Å²) in [6, 6.07) is 4.16. The lowest BCUT2D eigenvalue weighted by atomic mass is 9.88. The summed E-state index contributed by atoms with van der Waals surface area (Å²) in [5, 5.41) is 5.92. The molecule has 2 N–H and O–H groups in total. The normalized spacial score (nSPS) is 13.9. The molecule has 210 valence electrons. The van der Waals surface area contributed by atoms with E-state index in [1.165, 1.54) is 0 Å². The van der Waals surface area contributed by atoms with Crippen molar-refractivity contribution in [2.75, 3.05) is 12.0 Å². The number of hydrogen-bond acceptors (Lipinski definition) is 5. The van der Waals surface area contributed by atoms with E-state index < -0.39 is 34.9 Å². The molecule has 0 aromatic heterocycles. The van der Waals surface area contributed by atoms with Gasteiger partial charge in [0.2, 0.25) is 11.8 Å². The molecular weight excluding hydrogens is 486 g/mol. The highest BCUT2D eigenvalue weighted by Crippen LogP contribution is 2.36. The Bertz CT molecular complexity index is 927. The van der Waals surface area contributed by atoms with Gasteiger partial charge >= 0.3 is 6.09 Å². The third kappa shape index (κ3) is 9.87. The molecule has 0 saturated heterocycles. The molecule has 0 aliphatic carbocycles. The van der Waals surface area contributed by atoms with Crippen LogP contribution in [0.2, 0.25) is 0 Å². The molecule has 0 aliphatic heterocycles. The van der Waals surface area contributed by atoms with E-state index in [1.807, 2.05) is 79.8 Å². The molecular formula is C29H49N3O4S. The maximum absolute atomic E-state index is 14.4. The number of carbonyl (C=O) groups is 3. The van der Waals surface area contributed by atoms with Crippen LogP contribution >= 0.6 is 11.8 Å². The predicted molar refractivity (Wildman–Crippen MR) is 154 cm³/mol. The first-order chi connectivity index (χ1) is 16.8. The van der Waals surface area contributed by atoms with Crippen LogP contribution in [-0.2, 0) is 14.3 Å². The van der Waals surface area contributed by atoms with E-state index in [-0.39, 0.29) is 11.8 Å². The molecule has 8 heteroatoms. The second-order valence-corrected chi connectivity index (χ2v) is 13.3. The summed E-state index contributed by atoms with van der Waals surface area (Å²) in [6.07, 6.45) is 2.34. The zero-order valence-corrected chi connectivity index (χ0v) is 25.8. The number of hydrogen-bond donors (Lipinski definition) is 2. The molecule has 2 atom stereocenters. The van der Waals surface area contributed by atoms with Crippen LogP contribution in [0.3, 0.4) is 0 Å². The molecule has 0 aliphatic rings. The summed E-state index contributed by atoms with van der Waals surface area (Å²) >= 11 is 1.59. The molecule has 3 amide bonds. The highest BCUT2D eigenvalue weighted by Gasteiger charge is 2.44. The monoisotopic (exact) mass is 535 g/mol. The van der Waals surface area contributed by atoms with Gasteiger partial charge in [-0.15, -0.1) is 0 Å². The summed E-state index contributed by atoms with van der Waals surface area (Å²) in [5.41, 5.74) is 0.787. The van der Waals surface area contributed by atoms with Crippen LogP contribution in [0.1, 0.15) is 97.9 Å². The van der Waals surface area contributed by atoms with E-state index >= 15 is 0 Å². The van der Waals surface area contributed by atoms with Crippen molar-refractivity contribution >= 4 is 29.7 Å². The number of benzene rings is 1. The van der Waals surface area contributed by atoms with Crippen molar-refractivity contribution in [3.05, 3.63) is 34.9 Å². The lowest BCUT2D eigenvalue weighted by Crippen LogP contribution is -2.60. The molecule has 0 bridgehead atoms. The van der Waals surface area contributed by atoms with Gasteiger partial charge in [-0.3, -0.25) is 9.59 Å². The number of alkyl carbamates (subject to hydrolysis) is 1. The number of nitrogens with one attached hydrogen (secondary N) is 2. The van der Waals surface area contributed by atoms with Gasteiger partial charge in [-0.25, -0.2) is 4.79 Å². The molecule has 0 saturated carbocycles. The fourth-order valence-electron chi connectivity index (χ4n) is 4.13. The van der Waals surface area contributed by atoms with Crippen LogP contribution in [0.5, 0.6) is 0 Å². The predicted octanol–water partition coefficient (Wildman–Crippen LogP) is 5.92. The van der Waals surface area contributed by atoms with Crippen LogP contribution in [0.25, 0.3) is 0 Å². The third-order valence-electron chi connectivity index (χ3n) is 6.17. The molecule has 0 heterocycles. The van der Waals surface area contributed by atoms with Crippen molar-refractivity contribution in [1.82, 2.24) is 15.5 Å². The van der Waals surface area contributed by atoms with Gasteiger partial charge < -0.3 is 20.3 Å². The smallest absolute Gasteiger partial charge is 0.408 e. The SMILES string of the molecule is CCC(C)(C)N(C(=O)C(CCSC)NC(=O)OC(C)(C)C)C(C(=O)NC(C)(C)C)c1c(C)cccc1C. The molecule has 1 rings (SSSR count). The number of aryl methyl sites for hydroxylation is 2. The molecule has 0 spiro atoms. The van der Waals surface area contributed by atoms with Gasteiger partial charge in [0.25, 0.3) is 0 Å². The lowest BCUT2D eigenvalue weighted by molar-refractivity contribution is -0.150. The van der Waals surface area contributed by atoms with Gasteiger partial charge in [-0.05, 0) is 111 Å². The maximum atomic E-state index is 14.4. The van der Waals surface area contributed by atoms with Crippen molar-refractivity contribution in [2.24, 2.45) is 0 Å².